The smallest absolute Gasteiger partial charge is 0.225 e. The van der Waals surface area contributed by atoms with Gasteiger partial charge in [-0.05, 0) is 24.5 Å². The zero-order chi connectivity index (χ0) is 18.5. The maximum Gasteiger partial charge on any atom is 0.225 e. The number of nitrogens with zero attached hydrogens (tertiary/aromatic N) is 7. The summed E-state index contributed by atoms with van der Waals surface area (Å²) in [6.07, 6.45) is 11.7. The minimum atomic E-state index is -0.0527. The molecule has 1 N–H and O–H groups in total. The molecule has 27 heavy (non-hydrogen) atoms. The molecule has 138 valence electrons. The van der Waals surface area contributed by atoms with Crippen LogP contribution in [0.1, 0.15) is 18.4 Å². The van der Waals surface area contributed by atoms with Gasteiger partial charge in [-0.1, -0.05) is 6.07 Å². The highest BCUT2D eigenvalue weighted by molar-refractivity contribution is 5.79. The molecule has 4 rings (SSSR count). The van der Waals surface area contributed by atoms with Gasteiger partial charge in [-0.15, -0.1) is 0 Å². The van der Waals surface area contributed by atoms with Crippen LogP contribution in [0.15, 0.2) is 49.6 Å². The van der Waals surface area contributed by atoms with Crippen LogP contribution in [-0.2, 0) is 11.3 Å². The second-order valence-electron chi connectivity index (χ2n) is 6.43. The molecular weight excluding hydrogens is 344 g/mol. The number of anilines is 1. The van der Waals surface area contributed by atoms with Crippen LogP contribution in [0.3, 0.4) is 0 Å². The molecule has 3 aromatic rings. The lowest BCUT2D eigenvalue weighted by atomic mass is 9.97. The fourth-order valence-electron chi connectivity index (χ4n) is 3.17. The van der Waals surface area contributed by atoms with Crippen molar-refractivity contribution < 1.29 is 4.79 Å². The molecule has 1 amide bonds. The van der Waals surface area contributed by atoms with Crippen LogP contribution in [0.5, 0.6) is 0 Å². The normalized spacial score (nSPS) is 16.9. The molecule has 0 bridgehead atoms. The largest absolute Gasteiger partial charge is 0.355 e. The van der Waals surface area contributed by atoms with E-state index < -0.39 is 0 Å². The number of hydrogen-bond donors (Lipinski definition) is 1. The first-order chi connectivity index (χ1) is 13.3. The molecule has 0 radical (unpaired) electrons. The van der Waals surface area contributed by atoms with Gasteiger partial charge >= 0.3 is 0 Å². The van der Waals surface area contributed by atoms with Crippen molar-refractivity contribution in [3.05, 3.63) is 55.1 Å². The fraction of sp³-hybridized carbons (Fsp3) is 0.333. The van der Waals surface area contributed by atoms with Gasteiger partial charge in [-0.3, -0.25) is 9.78 Å². The van der Waals surface area contributed by atoms with Crippen molar-refractivity contribution in [2.75, 3.05) is 18.0 Å². The number of aromatic nitrogens is 6. The highest BCUT2D eigenvalue weighted by Crippen LogP contribution is 2.21. The number of rotatable bonds is 5. The summed E-state index contributed by atoms with van der Waals surface area (Å²) in [6.45, 7) is 2.01. The predicted octanol–water partition coefficient (Wildman–Crippen LogP) is 0.985. The first-order valence-corrected chi connectivity index (χ1v) is 8.88. The van der Waals surface area contributed by atoms with E-state index in [1.54, 1.807) is 35.8 Å². The standard InChI is InChI=1S/C18H20N8O/c27-18(15-2-1-7-25(11-15)17-10-19-5-6-21-17)23-9-14-3-4-16(22-8-14)26-13-20-12-24-26/h3-6,8,10,12-13,15H,1-2,7,9,11H2,(H,23,27). The number of nitrogens with one attached hydrogen (secondary N) is 1. The Bertz CT molecular complexity index is 866. The molecule has 1 fully saturated rings. The van der Waals surface area contributed by atoms with Gasteiger partial charge in [0.1, 0.15) is 18.5 Å². The lowest BCUT2D eigenvalue weighted by Gasteiger charge is -2.32. The van der Waals surface area contributed by atoms with Gasteiger partial charge in [0.15, 0.2) is 5.82 Å². The van der Waals surface area contributed by atoms with Gasteiger partial charge < -0.3 is 10.2 Å². The highest BCUT2D eigenvalue weighted by atomic mass is 16.1. The summed E-state index contributed by atoms with van der Waals surface area (Å²) in [6, 6.07) is 3.78. The van der Waals surface area contributed by atoms with Gasteiger partial charge in [0, 0.05) is 38.2 Å². The lowest BCUT2D eigenvalue weighted by Crippen LogP contribution is -2.43. The van der Waals surface area contributed by atoms with Gasteiger partial charge in [0.2, 0.25) is 5.91 Å². The van der Waals surface area contributed by atoms with Crippen molar-refractivity contribution in [3.8, 4) is 5.82 Å². The van der Waals surface area contributed by atoms with Crippen LogP contribution in [0.2, 0.25) is 0 Å². The highest BCUT2D eigenvalue weighted by Gasteiger charge is 2.26. The number of piperidine rings is 1. The molecule has 1 saturated heterocycles. The summed E-state index contributed by atoms with van der Waals surface area (Å²) in [5.74, 6) is 1.52. The average molecular weight is 364 g/mol. The molecule has 9 heteroatoms. The van der Waals surface area contributed by atoms with Gasteiger partial charge in [-0.25, -0.2) is 19.6 Å². The number of amides is 1. The van der Waals surface area contributed by atoms with Crippen molar-refractivity contribution in [2.24, 2.45) is 5.92 Å². The van der Waals surface area contributed by atoms with Gasteiger partial charge in [0.25, 0.3) is 0 Å². The third-order valence-corrected chi connectivity index (χ3v) is 4.60. The van der Waals surface area contributed by atoms with Crippen molar-refractivity contribution in [1.29, 1.82) is 0 Å². The van der Waals surface area contributed by atoms with Crippen molar-refractivity contribution in [3.63, 3.8) is 0 Å². The molecule has 1 aliphatic heterocycles. The summed E-state index contributed by atoms with van der Waals surface area (Å²) >= 11 is 0. The SMILES string of the molecule is O=C(NCc1ccc(-n2cncn2)nc1)C1CCCN(c2cnccn2)C1. The topological polar surface area (TPSA) is 102 Å². The Kier molecular flexibility index (Phi) is 4.99. The number of carbonyl (C=O) groups excluding carboxylic acids is 1. The summed E-state index contributed by atoms with van der Waals surface area (Å²) in [5, 5.41) is 7.06. The van der Waals surface area contributed by atoms with E-state index in [0.717, 1.165) is 30.8 Å². The first-order valence-electron chi connectivity index (χ1n) is 8.88. The third-order valence-electron chi connectivity index (χ3n) is 4.60. The number of hydrogen-bond acceptors (Lipinski definition) is 7. The maximum atomic E-state index is 12.6. The average Bonchev–Trinajstić information content (AvgIpc) is 3.28. The van der Waals surface area contributed by atoms with Crippen molar-refractivity contribution in [1.82, 2.24) is 35.0 Å². The van der Waals surface area contributed by atoms with Crippen LogP contribution in [-0.4, -0.2) is 48.7 Å². The Balaban J connectivity index is 1.32. The zero-order valence-corrected chi connectivity index (χ0v) is 14.8. The maximum absolute atomic E-state index is 12.6. The lowest BCUT2D eigenvalue weighted by molar-refractivity contribution is -0.125. The van der Waals surface area contributed by atoms with Crippen LogP contribution in [0.4, 0.5) is 5.82 Å². The Morgan fingerprint density at radius 1 is 1.15 bits per heavy atom. The van der Waals surface area contributed by atoms with E-state index in [1.165, 1.54) is 6.33 Å². The van der Waals surface area contributed by atoms with Crippen LogP contribution in [0.25, 0.3) is 5.82 Å². The van der Waals surface area contributed by atoms with Crippen LogP contribution in [0, 0.1) is 5.92 Å². The number of carbonyl (C=O) groups is 1. The second kappa shape index (κ2) is 7.90. The summed E-state index contributed by atoms with van der Waals surface area (Å²) in [4.78, 5) is 31.4. The van der Waals surface area contributed by atoms with Crippen LogP contribution >= 0.6 is 0 Å². The first kappa shape index (κ1) is 17.1. The van der Waals surface area contributed by atoms with Gasteiger partial charge in [0.05, 0.1) is 12.1 Å². The second-order valence-corrected chi connectivity index (χ2v) is 6.43. The quantitative estimate of drug-likeness (QED) is 0.720. The molecular formula is C18H20N8O. The summed E-state index contributed by atoms with van der Waals surface area (Å²) in [7, 11) is 0. The van der Waals surface area contributed by atoms with Crippen molar-refractivity contribution in [2.45, 2.75) is 19.4 Å². The van der Waals surface area contributed by atoms with E-state index in [9.17, 15) is 4.79 Å². The minimum absolute atomic E-state index is 0.0527. The summed E-state index contributed by atoms with van der Waals surface area (Å²) in [5.41, 5.74) is 0.939. The molecule has 1 unspecified atom stereocenters. The monoisotopic (exact) mass is 364 g/mol. The number of pyridine rings is 1. The van der Waals surface area contributed by atoms with Crippen molar-refractivity contribution >= 4 is 11.7 Å². The van der Waals surface area contributed by atoms with E-state index in [4.69, 9.17) is 0 Å². The Morgan fingerprint density at radius 2 is 2.11 bits per heavy atom. The van der Waals surface area contributed by atoms with E-state index in [0.29, 0.717) is 18.9 Å². The van der Waals surface area contributed by atoms with Gasteiger partial charge in [-0.2, -0.15) is 5.10 Å². The summed E-state index contributed by atoms with van der Waals surface area (Å²) < 4.78 is 1.59. The molecule has 3 aromatic heterocycles. The van der Waals surface area contributed by atoms with E-state index in [-0.39, 0.29) is 11.8 Å². The molecule has 4 heterocycles. The molecule has 1 atom stereocenters. The third kappa shape index (κ3) is 4.08. The molecule has 0 spiro atoms. The molecule has 1 aliphatic rings. The molecule has 0 aliphatic carbocycles. The molecule has 9 nitrogen and oxygen atoms in total. The van der Waals surface area contributed by atoms with Crippen LogP contribution < -0.4 is 10.2 Å². The van der Waals surface area contributed by atoms with E-state index in [2.05, 4.69) is 35.3 Å². The molecule has 0 aromatic carbocycles. The predicted molar refractivity (Wildman–Crippen MR) is 98.0 cm³/mol. The Morgan fingerprint density at radius 3 is 2.85 bits per heavy atom. The minimum Gasteiger partial charge on any atom is -0.355 e. The zero-order valence-electron chi connectivity index (χ0n) is 14.8. The fourth-order valence-corrected chi connectivity index (χ4v) is 3.17. The van der Waals surface area contributed by atoms with E-state index >= 15 is 0 Å². The Hall–Kier alpha value is -3.36. The molecule has 0 saturated carbocycles. The Labute approximate surface area is 156 Å². The van der Waals surface area contributed by atoms with E-state index in [1.807, 2.05) is 12.1 Å².